The standard InChI is InChI=1S/C16H18N2O2/c1-11-7-8-15(12(2)9-11)17-18-16(19)13-5-4-6-14(10-13)20-3/h4-10,17H,1-3H3,(H,18,19). The number of hydrogen-bond donors (Lipinski definition) is 2. The van der Waals surface area contributed by atoms with Crippen molar-refractivity contribution in [3.8, 4) is 5.75 Å². The van der Waals surface area contributed by atoms with Crippen LogP contribution in [-0.4, -0.2) is 13.0 Å². The molecule has 2 aromatic carbocycles. The predicted octanol–water partition coefficient (Wildman–Crippen LogP) is 3.07. The van der Waals surface area contributed by atoms with Crippen LogP contribution in [0.1, 0.15) is 21.5 Å². The van der Waals surface area contributed by atoms with Gasteiger partial charge in [-0.2, -0.15) is 0 Å². The Hall–Kier alpha value is -2.49. The molecule has 2 aromatic rings. The fraction of sp³-hybridized carbons (Fsp3) is 0.188. The van der Waals surface area contributed by atoms with E-state index in [1.807, 2.05) is 26.0 Å². The van der Waals surface area contributed by atoms with Crippen molar-refractivity contribution in [2.45, 2.75) is 13.8 Å². The van der Waals surface area contributed by atoms with E-state index in [2.05, 4.69) is 16.9 Å². The van der Waals surface area contributed by atoms with Crippen LogP contribution in [0.15, 0.2) is 42.5 Å². The topological polar surface area (TPSA) is 50.4 Å². The van der Waals surface area contributed by atoms with Crippen LogP contribution in [0, 0.1) is 13.8 Å². The first-order chi connectivity index (χ1) is 9.60. The van der Waals surface area contributed by atoms with Gasteiger partial charge in [-0.05, 0) is 43.7 Å². The second kappa shape index (κ2) is 6.10. The largest absolute Gasteiger partial charge is 0.497 e. The molecule has 1 amide bonds. The van der Waals surface area contributed by atoms with Crippen LogP contribution in [0.4, 0.5) is 5.69 Å². The van der Waals surface area contributed by atoms with E-state index >= 15 is 0 Å². The molecule has 20 heavy (non-hydrogen) atoms. The SMILES string of the molecule is COc1cccc(C(=O)NNc2ccc(C)cc2C)c1. The van der Waals surface area contributed by atoms with Crippen LogP contribution in [0.3, 0.4) is 0 Å². The number of hydrogen-bond acceptors (Lipinski definition) is 3. The summed E-state index contributed by atoms with van der Waals surface area (Å²) in [6, 6.07) is 13.0. The molecule has 0 heterocycles. The third-order valence-electron chi connectivity index (χ3n) is 3.02. The average Bonchev–Trinajstić information content (AvgIpc) is 2.46. The van der Waals surface area contributed by atoms with E-state index in [1.165, 1.54) is 5.56 Å². The summed E-state index contributed by atoms with van der Waals surface area (Å²) < 4.78 is 5.10. The van der Waals surface area contributed by atoms with Gasteiger partial charge in [0.2, 0.25) is 0 Å². The van der Waals surface area contributed by atoms with Crippen molar-refractivity contribution >= 4 is 11.6 Å². The normalized spacial score (nSPS) is 9.95. The van der Waals surface area contributed by atoms with Crippen LogP contribution in [0.25, 0.3) is 0 Å². The number of rotatable bonds is 4. The molecule has 0 aliphatic carbocycles. The first kappa shape index (κ1) is 13.9. The number of amides is 1. The number of carbonyl (C=O) groups is 1. The van der Waals surface area contributed by atoms with Gasteiger partial charge in [0, 0.05) is 5.56 Å². The number of carbonyl (C=O) groups excluding carboxylic acids is 1. The Kier molecular flexibility index (Phi) is 4.25. The number of methoxy groups -OCH3 is 1. The van der Waals surface area contributed by atoms with Crippen LogP contribution in [-0.2, 0) is 0 Å². The van der Waals surface area contributed by atoms with Crippen molar-refractivity contribution in [1.82, 2.24) is 5.43 Å². The van der Waals surface area contributed by atoms with Gasteiger partial charge in [0.25, 0.3) is 5.91 Å². The zero-order valence-electron chi connectivity index (χ0n) is 11.9. The molecule has 0 radical (unpaired) electrons. The zero-order valence-corrected chi connectivity index (χ0v) is 11.9. The minimum absolute atomic E-state index is 0.205. The van der Waals surface area contributed by atoms with E-state index in [0.29, 0.717) is 11.3 Å². The monoisotopic (exact) mass is 270 g/mol. The van der Waals surface area contributed by atoms with Crippen molar-refractivity contribution in [3.63, 3.8) is 0 Å². The Morgan fingerprint density at radius 3 is 2.60 bits per heavy atom. The van der Waals surface area contributed by atoms with Gasteiger partial charge in [0.15, 0.2) is 0 Å². The fourth-order valence-corrected chi connectivity index (χ4v) is 1.91. The van der Waals surface area contributed by atoms with E-state index in [4.69, 9.17) is 4.74 Å². The molecule has 0 aliphatic heterocycles. The van der Waals surface area contributed by atoms with Crippen LogP contribution in [0.2, 0.25) is 0 Å². The molecule has 0 unspecified atom stereocenters. The Balaban J connectivity index is 2.04. The van der Waals surface area contributed by atoms with Crippen LogP contribution < -0.4 is 15.6 Å². The minimum atomic E-state index is -0.205. The Bertz CT molecular complexity index is 624. The number of hydrazine groups is 1. The zero-order chi connectivity index (χ0) is 14.5. The highest BCUT2D eigenvalue weighted by atomic mass is 16.5. The van der Waals surface area contributed by atoms with Gasteiger partial charge in [-0.15, -0.1) is 0 Å². The summed E-state index contributed by atoms with van der Waals surface area (Å²) in [6.45, 7) is 4.03. The van der Waals surface area contributed by atoms with E-state index in [-0.39, 0.29) is 5.91 Å². The van der Waals surface area contributed by atoms with Crippen molar-refractivity contribution in [1.29, 1.82) is 0 Å². The molecule has 0 bridgehead atoms. The Morgan fingerprint density at radius 1 is 1.10 bits per heavy atom. The van der Waals surface area contributed by atoms with Gasteiger partial charge in [0.1, 0.15) is 5.75 Å². The smallest absolute Gasteiger partial charge is 0.269 e. The second-order valence-electron chi connectivity index (χ2n) is 4.63. The van der Waals surface area contributed by atoms with Gasteiger partial charge in [-0.25, -0.2) is 0 Å². The van der Waals surface area contributed by atoms with Gasteiger partial charge >= 0.3 is 0 Å². The summed E-state index contributed by atoms with van der Waals surface area (Å²) >= 11 is 0. The van der Waals surface area contributed by atoms with E-state index in [9.17, 15) is 4.79 Å². The van der Waals surface area contributed by atoms with Crippen molar-refractivity contribution in [2.24, 2.45) is 0 Å². The van der Waals surface area contributed by atoms with Crippen LogP contribution >= 0.6 is 0 Å². The molecule has 4 heteroatoms. The number of benzene rings is 2. The maximum absolute atomic E-state index is 12.0. The van der Waals surface area contributed by atoms with Crippen molar-refractivity contribution < 1.29 is 9.53 Å². The third-order valence-corrected chi connectivity index (χ3v) is 3.02. The molecule has 104 valence electrons. The molecule has 2 N–H and O–H groups in total. The number of ether oxygens (including phenoxy) is 1. The summed E-state index contributed by atoms with van der Waals surface area (Å²) in [5.41, 5.74) is 9.31. The molecule has 4 nitrogen and oxygen atoms in total. The lowest BCUT2D eigenvalue weighted by Gasteiger charge is -2.12. The fourth-order valence-electron chi connectivity index (χ4n) is 1.91. The highest BCUT2D eigenvalue weighted by Crippen LogP contribution is 2.16. The Labute approximate surface area is 118 Å². The summed E-state index contributed by atoms with van der Waals surface area (Å²) in [6.07, 6.45) is 0. The molecular formula is C16H18N2O2. The van der Waals surface area contributed by atoms with E-state index in [0.717, 1.165) is 11.3 Å². The molecular weight excluding hydrogens is 252 g/mol. The first-order valence-electron chi connectivity index (χ1n) is 6.38. The molecule has 2 rings (SSSR count). The number of aryl methyl sites for hydroxylation is 2. The van der Waals surface area contributed by atoms with Gasteiger partial charge in [0.05, 0.1) is 12.8 Å². The lowest BCUT2D eigenvalue weighted by molar-refractivity contribution is 0.0962. The predicted molar refractivity (Wildman–Crippen MR) is 80.0 cm³/mol. The highest BCUT2D eigenvalue weighted by Gasteiger charge is 2.06. The van der Waals surface area contributed by atoms with E-state index in [1.54, 1.807) is 31.4 Å². The van der Waals surface area contributed by atoms with Crippen molar-refractivity contribution in [2.75, 3.05) is 12.5 Å². The quantitative estimate of drug-likeness (QED) is 0.839. The summed E-state index contributed by atoms with van der Waals surface area (Å²) in [5.74, 6) is 0.452. The van der Waals surface area contributed by atoms with E-state index < -0.39 is 0 Å². The maximum Gasteiger partial charge on any atom is 0.269 e. The van der Waals surface area contributed by atoms with Gasteiger partial charge in [-0.1, -0.05) is 23.8 Å². The highest BCUT2D eigenvalue weighted by molar-refractivity contribution is 5.95. The summed E-state index contributed by atoms with van der Waals surface area (Å²) in [7, 11) is 1.57. The molecule has 0 saturated heterocycles. The Morgan fingerprint density at radius 2 is 1.90 bits per heavy atom. The summed E-state index contributed by atoms with van der Waals surface area (Å²) in [5, 5.41) is 0. The molecule has 0 aliphatic rings. The number of nitrogens with one attached hydrogen (secondary N) is 2. The first-order valence-corrected chi connectivity index (χ1v) is 6.38. The molecule has 0 atom stereocenters. The molecule has 0 saturated carbocycles. The van der Waals surface area contributed by atoms with Gasteiger partial charge < -0.3 is 4.74 Å². The molecule has 0 aromatic heterocycles. The third kappa shape index (κ3) is 3.29. The van der Waals surface area contributed by atoms with Crippen molar-refractivity contribution in [3.05, 3.63) is 59.2 Å². The lowest BCUT2D eigenvalue weighted by atomic mass is 10.1. The van der Waals surface area contributed by atoms with Gasteiger partial charge in [-0.3, -0.25) is 15.6 Å². The maximum atomic E-state index is 12.0. The number of anilines is 1. The lowest BCUT2D eigenvalue weighted by Crippen LogP contribution is -2.29. The van der Waals surface area contributed by atoms with Crippen LogP contribution in [0.5, 0.6) is 5.75 Å². The summed E-state index contributed by atoms with van der Waals surface area (Å²) in [4.78, 5) is 12.0. The minimum Gasteiger partial charge on any atom is -0.497 e. The second-order valence-corrected chi connectivity index (χ2v) is 4.63. The average molecular weight is 270 g/mol. The molecule has 0 fully saturated rings. The molecule has 0 spiro atoms.